The number of hydrogen-bond acceptors (Lipinski definition) is 1. The molecular weight excluding hydrogens is 278 g/mol. The molecule has 0 aromatic heterocycles. The van der Waals surface area contributed by atoms with E-state index in [0.29, 0.717) is 5.92 Å². The van der Waals surface area contributed by atoms with E-state index in [2.05, 4.69) is 33.4 Å². The Bertz CT molecular complexity index is 337. The van der Waals surface area contributed by atoms with Gasteiger partial charge in [-0.2, -0.15) is 0 Å². The molecule has 0 aliphatic heterocycles. The van der Waals surface area contributed by atoms with Gasteiger partial charge in [-0.1, -0.05) is 60.1 Å². The van der Waals surface area contributed by atoms with Gasteiger partial charge in [-0.05, 0) is 24.3 Å². The highest BCUT2D eigenvalue weighted by molar-refractivity contribution is 9.10. The van der Waals surface area contributed by atoms with Crippen LogP contribution in [-0.4, -0.2) is 17.3 Å². The Morgan fingerprint density at radius 1 is 1.29 bits per heavy atom. The number of amides is 1. The third-order valence-corrected chi connectivity index (χ3v) is 4.09. The van der Waals surface area contributed by atoms with Gasteiger partial charge < -0.3 is 5.32 Å². The van der Waals surface area contributed by atoms with E-state index in [9.17, 15) is 4.79 Å². The second-order valence-electron chi connectivity index (χ2n) is 4.53. The van der Waals surface area contributed by atoms with Gasteiger partial charge in [0, 0.05) is 6.54 Å². The fourth-order valence-corrected chi connectivity index (χ4v) is 1.71. The van der Waals surface area contributed by atoms with Crippen LogP contribution in [0.2, 0.25) is 0 Å². The number of alkyl halides is 1. The lowest BCUT2D eigenvalue weighted by Gasteiger charge is -2.13. The maximum absolute atomic E-state index is 11.6. The van der Waals surface area contributed by atoms with Crippen LogP contribution in [0.3, 0.4) is 0 Å². The summed E-state index contributed by atoms with van der Waals surface area (Å²) in [4.78, 5) is 11.6. The van der Waals surface area contributed by atoms with Crippen LogP contribution in [-0.2, 0) is 11.2 Å². The smallest absolute Gasteiger partial charge is 0.234 e. The lowest BCUT2D eigenvalue weighted by molar-refractivity contribution is -0.121. The lowest BCUT2D eigenvalue weighted by atomic mass is 10.1. The first-order valence-corrected chi connectivity index (χ1v) is 6.98. The summed E-state index contributed by atoms with van der Waals surface area (Å²) in [5.41, 5.74) is 1.32. The summed E-state index contributed by atoms with van der Waals surface area (Å²) < 4.78 is 0. The van der Waals surface area contributed by atoms with E-state index < -0.39 is 0 Å². The standard InChI is InChI=1S/C14H20BrNO/c1-11(2)13(15)14(17)16-10-6-9-12-7-4-3-5-8-12/h3-5,7-8,11,13H,6,9-10H2,1-2H3,(H,16,17). The van der Waals surface area contributed by atoms with Crippen molar-refractivity contribution in [1.82, 2.24) is 5.32 Å². The second-order valence-corrected chi connectivity index (χ2v) is 5.51. The molecule has 0 aliphatic rings. The molecule has 0 radical (unpaired) electrons. The average molecular weight is 298 g/mol. The molecule has 1 N–H and O–H groups in total. The fraction of sp³-hybridized carbons (Fsp3) is 0.500. The highest BCUT2D eigenvalue weighted by Gasteiger charge is 2.17. The Morgan fingerprint density at radius 3 is 2.53 bits per heavy atom. The van der Waals surface area contributed by atoms with Gasteiger partial charge in [0.2, 0.25) is 5.91 Å². The number of rotatable bonds is 6. The largest absolute Gasteiger partial charge is 0.355 e. The van der Waals surface area contributed by atoms with Crippen LogP contribution in [0.4, 0.5) is 0 Å². The minimum Gasteiger partial charge on any atom is -0.355 e. The molecule has 2 nitrogen and oxygen atoms in total. The van der Waals surface area contributed by atoms with E-state index in [1.54, 1.807) is 0 Å². The molecule has 1 atom stereocenters. The monoisotopic (exact) mass is 297 g/mol. The maximum atomic E-state index is 11.6. The molecule has 1 aromatic carbocycles. The molecule has 0 aliphatic carbocycles. The molecule has 3 heteroatoms. The van der Waals surface area contributed by atoms with Crippen molar-refractivity contribution in [3.05, 3.63) is 35.9 Å². The second kappa shape index (κ2) is 7.49. The highest BCUT2D eigenvalue weighted by Crippen LogP contribution is 2.11. The zero-order valence-electron chi connectivity index (χ0n) is 10.4. The topological polar surface area (TPSA) is 29.1 Å². The molecule has 17 heavy (non-hydrogen) atoms. The third-order valence-electron chi connectivity index (χ3n) is 2.62. The Kier molecular flexibility index (Phi) is 6.27. The van der Waals surface area contributed by atoms with Gasteiger partial charge in [0.1, 0.15) is 0 Å². The Morgan fingerprint density at radius 2 is 1.94 bits per heavy atom. The zero-order valence-corrected chi connectivity index (χ0v) is 12.0. The quantitative estimate of drug-likeness (QED) is 0.634. The van der Waals surface area contributed by atoms with Crippen molar-refractivity contribution >= 4 is 21.8 Å². The van der Waals surface area contributed by atoms with Crippen LogP contribution < -0.4 is 5.32 Å². The van der Waals surface area contributed by atoms with Gasteiger partial charge in [-0.25, -0.2) is 0 Å². The molecule has 1 rings (SSSR count). The van der Waals surface area contributed by atoms with E-state index in [1.807, 2.05) is 32.0 Å². The van der Waals surface area contributed by atoms with Crippen LogP contribution in [0.15, 0.2) is 30.3 Å². The number of hydrogen-bond donors (Lipinski definition) is 1. The number of aryl methyl sites for hydroxylation is 1. The van der Waals surface area contributed by atoms with Gasteiger partial charge in [0.15, 0.2) is 0 Å². The van der Waals surface area contributed by atoms with Gasteiger partial charge in [0.05, 0.1) is 4.83 Å². The van der Waals surface area contributed by atoms with Crippen molar-refractivity contribution < 1.29 is 4.79 Å². The molecular formula is C14H20BrNO. The molecule has 1 amide bonds. The molecule has 0 saturated carbocycles. The number of nitrogens with one attached hydrogen (secondary N) is 1. The molecule has 0 spiro atoms. The molecule has 1 unspecified atom stereocenters. The summed E-state index contributed by atoms with van der Waals surface area (Å²) in [6.45, 7) is 4.80. The summed E-state index contributed by atoms with van der Waals surface area (Å²) in [6.07, 6.45) is 1.99. The van der Waals surface area contributed by atoms with Crippen LogP contribution >= 0.6 is 15.9 Å². The molecule has 94 valence electrons. The van der Waals surface area contributed by atoms with Crippen molar-refractivity contribution in [2.75, 3.05) is 6.54 Å². The van der Waals surface area contributed by atoms with Crippen molar-refractivity contribution in [2.24, 2.45) is 5.92 Å². The van der Waals surface area contributed by atoms with Crippen LogP contribution in [0.5, 0.6) is 0 Å². The number of halogens is 1. The van der Waals surface area contributed by atoms with Gasteiger partial charge in [-0.3, -0.25) is 4.79 Å². The van der Waals surface area contributed by atoms with Crippen LogP contribution in [0, 0.1) is 5.92 Å². The minimum atomic E-state index is -0.0841. The Balaban J connectivity index is 2.18. The van der Waals surface area contributed by atoms with Crippen molar-refractivity contribution in [2.45, 2.75) is 31.5 Å². The molecule has 0 heterocycles. The van der Waals surface area contributed by atoms with Crippen LogP contribution in [0.25, 0.3) is 0 Å². The number of benzene rings is 1. The lowest BCUT2D eigenvalue weighted by Crippen LogP contribution is -2.34. The van der Waals surface area contributed by atoms with E-state index >= 15 is 0 Å². The van der Waals surface area contributed by atoms with Crippen molar-refractivity contribution in [3.8, 4) is 0 Å². The van der Waals surface area contributed by atoms with Gasteiger partial charge >= 0.3 is 0 Å². The van der Waals surface area contributed by atoms with Gasteiger partial charge in [0.25, 0.3) is 0 Å². The fourth-order valence-electron chi connectivity index (χ4n) is 1.55. The molecule has 1 aromatic rings. The first-order valence-electron chi connectivity index (χ1n) is 6.07. The number of carbonyl (C=O) groups excluding carboxylic acids is 1. The third kappa shape index (κ3) is 5.35. The first kappa shape index (κ1) is 14.2. The highest BCUT2D eigenvalue weighted by atomic mass is 79.9. The summed E-state index contributed by atoms with van der Waals surface area (Å²) in [5.74, 6) is 0.414. The summed E-state index contributed by atoms with van der Waals surface area (Å²) in [7, 11) is 0. The minimum absolute atomic E-state index is 0.0841. The van der Waals surface area contributed by atoms with E-state index in [0.717, 1.165) is 19.4 Å². The predicted molar refractivity (Wildman–Crippen MR) is 75.3 cm³/mol. The first-order chi connectivity index (χ1) is 8.11. The number of carbonyl (C=O) groups is 1. The zero-order chi connectivity index (χ0) is 12.7. The normalized spacial score (nSPS) is 12.5. The van der Waals surface area contributed by atoms with Crippen LogP contribution in [0.1, 0.15) is 25.8 Å². The van der Waals surface area contributed by atoms with Gasteiger partial charge in [-0.15, -0.1) is 0 Å². The summed E-state index contributed by atoms with van der Waals surface area (Å²) >= 11 is 3.39. The Labute approximate surface area is 112 Å². The molecule has 0 bridgehead atoms. The van der Waals surface area contributed by atoms with E-state index in [-0.39, 0.29) is 10.7 Å². The maximum Gasteiger partial charge on any atom is 0.234 e. The van der Waals surface area contributed by atoms with E-state index in [1.165, 1.54) is 5.56 Å². The predicted octanol–water partition coefficient (Wildman–Crippen LogP) is 3.15. The average Bonchev–Trinajstić information content (AvgIpc) is 2.34. The Hall–Kier alpha value is -0.830. The molecule has 0 saturated heterocycles. The summed E-state index contributed by atoms with van der Waals surface area (Å²) in [6, 6.07) is 10.3. The van der Waals surface area contributed by atoms with Crippen molar-refractivity contribution in [1.29, 1.82) is 0 Å². The molecule has 0 fully saturated rings. The summed E-state index contributed by atoms with van der Waals surface area (Å²) in [5, 5.41) is 2.95. The SMILES string of the molecule is CC(C)C(Br)C(=O)NCCCc1ccccc1. The van der Waals surface area contributed by atoms with Crippen molar-refractivity contribution in [3.63, 3.8) is 0 Å². The van der Waals surface area contributed by atoms with E-state index in [4.69, 9.17) is 0 Å².